The van der Waals surface area contributed by atoms with Crippen molar-refractivity contribution in [3.8, 4) is 0 Å². The predicted octanol–water partition coefficient (Wildman–Crippen LogP) is 1.41. The van der Waals surface area contributed by atoms with E-state index in [0.29, 0.717) is 12.6 Å². The summed E-state index contributed by atoms with van der Waals surface area (Å²) in [4.78, 5) is 15.1. The summed E-state index contributed by atoms with van der Waals surface area (Å²) in [6.45, 7) is 4.56. The second kappa shape index (κ2) is 4.25. The Morgan fingerprint density at radius 1 is 1.69 bits per heavy atom. The molecule has 2 N–H and O–H groups in total. The molecule has 0 amide bonds. The standard InChI is InChI=1S/C11H17N3O2/c1-7(2)14-6-9(5-12-8-3-4-8)13-10(14)11(15)16/h6-8,12H,3-5H2,1-2H3,(H,15,16). The maximum Gasteiger partial charge on any atom is 0.372 e. The van der Waals surface area contributed by atoms with E-state index in [2.05, 4.69) is 10.3 Å². The van der Waals surface area contributed by atoms with Gasteiger partial charge in [-0.05, 0) is 26.7 Å². The van der Waals surface area contributed by atoms with Crippen molar-refractivity contribution in [2.24, 2.45) is 0 Å². The van der Waals surface area contributed by atoms with Crippen LogP contribution < -0.4 is 5.32 Å². The van der Waals surface area contributed by atoms with Crippen LogP contribution in [0.25, 0.3) is 0 Å². The number of carboxylic acids is 1. The minimum Gasteiger partial charge on any atom is -0.475 e. The summed E-state index contributed by atoms with van der Waals surface area (Å²) in [5.41, 5.74) is 0.804. The number of imidazole rings is 1. The molecule has 0 spiro atoms. The second-order valence-corrected chi connectivity index (χ2v) is 4.52. The summed E-state index contributed by atoms with van der Waals surface area (Å²) in [7, 11) is 0. The highest BCUT2D eigenvalue weighted by Crippen LogP contribution is 2.19. The monoisotopic (exact) mass is 223 g/mol. The SMILES string of the molecule is CC(C)n1cc(CNC2CC2)nc1C(=O)O. The summed E-state index contributed by atoms with van der Waals surface area (Å²) < 4.78 is 1.70. The predicted molar refractivity (Wildman–Crippen MR) is 59.4 cm³/mol. The number of aromatic carboxylic acids is 1. The topological polar surface area (TPSA) is 67.2 Å². The van der Waals surface area contributed by atoms with Crippen molar-refractivity contribution in [2.45, 2.75) is 45.3 Å². The lowest BCUT2D eigenvalue weighted by Crippen LogP contribution is -2.15. The molecular formula is C11H17N3O2. The van der Waals surface area contributed by atoms with Crippen LogP contribution >= 0.6 is 0 Å². The third-order valence-corrected chi connectivity index (χ3v) is 2.68. The minimum absolute atomic E-state index is 0.119. The summed E-state index contributed by atoms with van der Waals surface area (Å²) in [5.74, 6) is -0.839. The number of rotatable bonds is 5. The van der Waals surface area contributed by atoms with Crippen molar-refractivity contribution >= 4 is 5.97 Å². The molecule has 0 unspecified atom stereocenters. The average molecular weight is 223 g/mol. The Labute approximate surface area is 94.5 Å². The smallest absolute Gasteiger partial charge is 0.372 e. The molecule has 1 aliphatic carbocycles. The van der Waals surface area contributed by atoms with E-state index in [1.807, 2.05) is 20.0 Å². The van der Waals surface area contributed by atoms with Gasteiger partial charge < -0.3 is 15.0 Å². The molecule has 1 aromatic heterocycles. The third-order valence-electron chi connectivity index (χ3n) is 2.68. The van der Waals surface area contributed by atoms with E-state index in [1.54, 1.807) is 4.57 Å². The number of hydrogen-bond donors (Lipinski definition) is 2. The van der Waals surface area contributed by atoms with Crippen LogP contribution in [0.1, 0.15) is 49.0 Å². The Balaban J connectivity index is 2.12. The van der Waals surface area contributed by atoms with Crippen molar-refractivity contribution in [1.29, 1.82) is 0 Å². The Morgan fingerprint density at radius 3 is 2.81 bits per heavy atom. The molecule has 16 heavy (non-hydrogen) atoms. The zero-order valence-corrected chi connectivity index (χ0v) is 9.60. The van der Waals surface area contributed by atoms with Crippen LogP contribution in [0.4, 0.5) is 0 Å². The molecule has 0 atom stereocenters. The van der Waals surface area contributed by atoms with Gasteiger partial charge in [0.2, 0.25) is 5.82 Å². The van der Waals surface area contributed by atoms with Crippen LogP contribution in [-0.4, -0.2) is 26.7 Å². The van der Waals surface area contributed by atoms with Gasteiger partial charge in [0.05, 0.1) is 5.69 Å². The molecular weight excluding hydrogens is 206 g/mol. The summed E-state index contributed by atoms with van der Waals surface area (Å²) in [6, 6.07) is 0.728. The molecule has 0 aromatic carbocycles. The van der Waals surface area contributed by atoms with Gasteiger partial charge in [0.15, 0.2) is 0 Å². The molecule has 5 nitrogen and oxygen atoms in total. The van der Waals surface area contributed by atoms with Crippen LogP contribution in [0.3, 0.4) is 0 Å². The van der Waals surface area contributed by atoms with Crippen molar-refractivity contribution in [2.75, 3.05) is 0 Å². The Kier molecular flexibility index (Phi) is 2.96. The first-order chi connectivity index (χ1) is 7.58. The number of carboxylic acid groups (broad SMARTS) is 1. The lowest BCUT2D eigenvalue weighted by atomic mass is 10.4. The molecule has 5 heteroatoms. The van der Waals surface area contributed by atoms with E-state index in [-0.39, 0.29) is 11.9 Å². The first kappa shape index (κ1) is 11.1. The number of nitrogens with one attached hydrogen (secondary N) is 1. The highest BCUT2D eigenvalue weighted by molar-refractivity contribution is 5.83. The molecule has 1 aromatic rings. The molecule has 1 heterocycles. The van der Waals surface area contributed by atoms with Gasteiger partial charge in [-0.25, -0.2) is 9.78 Å². The maximum absolute atomic E-state index is 11.0. The largest absolute Gasteiger partial charge is 0.475 e. The van der Waals surface area contributed by atoms with Gasteiger partial charge >= 0.3 is 5.97 Å². The van der Waals surface area contributed by atoms with E-state index in [9.17, 15) is 4.79 Å². The Morgan fingerprint density at radius 2 is 2.38 bits per heavy atom. The summed E-state index contributed by atoms with van der Waals surface area (Å²) in [6.07, 6.45) is 4.26. The van der Waals surface area contributed by atoms with E-state index < -0.39 is 5.97 Å². The lowest BCUT2D eigenvalue weighted by molar-refractivity contribution is 0.0676. The highest BCUT2D eigenvalue weighted by atomic mass is 16.4. The first-order valence-electron chi connectivity index (χ1n) is 5.62. The quantitative estimate of drug-likeness (QED) is 0.792. The fourth-order valence-corrected chi connectivity index (χ4v) is 1.62. The van der Waals surface area contributed by atoms with Crippen LogP contribution in [0, 0.1) is 0 Å². The van der Waals surface area contributed by atoms with Gasteiger partial charge in [-0.15, -0.1) is 0 Å². The fraction of sp³-hybridized carbons (Fsp3) is 0.636. The number of hydrogen-bond acceptors (Lipinski definition) is 3. The van der Waals surface area contributed by atoms with Crippen LogP contribution in [0.2, 0.25) is 0 Å². The fourth-order valence-electron chi connectivity index (χ4n) is 1.62. The third kappa shape index (κ3) is 2.41. The van der Waals surface area contributed by atoms with Crippen LogP contribution in [0.15, 0.2) is 6.20 Å². The Bertz CT molecular complexity index is 394. The zero-order valence-electron chi connectivity index (χ0n) is 9.60. The van der Waals surface area contributed by atoms with Crippen molar-refractivity contribution in [1.82, 2.24) is 14.9 Å². The minimum atomic E-state index is -0.966. The van der Waals surface area contributed by atoms with Gasteiger partial charge in [-0.1, -0.05) is 0 Å². The van der Waals surface area contributed by atoms with Crippen LogP contribution in [-0.2, 0) is 6.54 Å². The summed E-state index contributed by atoms with van der Waals surface area (Å²) >= 11 is 0. The van der Waals surface area contributed by atoms with Gasteiger partial charge in [-0.2, -0.15) is 0 Å². The van der Waals surface area contributed by atoms with Crippen molar-refractivity contribution < 1.29 is 9.90 Å². The van der Waals surface area contributed by atoms with Gasteiger partial charge in [0.1, 0.15) is 0 Å². The zero-order chi connectivity index (χ0) is 11.7. The normalized spacial score (nSPS) is 15.7. The van der Waals surface area contributed by atoms with E-state index in [4.69, 9.17) is 5.11 Å². The van der Waals surface area contributed by atoms with E-state index >= 15 is 0 Å². The average Bonchev–Trinajstić information content (AvgIpc) is 2.93. The molecule has 1 aliphatic rings. The molecule has 2 rings (SSSR count). The molecule has 1 fully saturated rings. The van der Waals surface area contributed by atoms with E-state index in [0.717, 1.165) is 5.69 Å². The molecule has 0 aliphatic heterocycles. The van der Waals surface area contributed by atoms with Crippen molar-refractivity contribution in [3.63, 3.8) is 0 Å². The van der Waals surface area contributed by atoms with Gasteiger partial charge in [-0.3, -0.25) is 0 Å². The second-order valence-electron chi connectivity index (χ2n) is 4.52. The molecule has 1 saturated carbocycles. The lowest BCUT2D eigenvalue weighted by Gasteiger charge is -2.07. The Hall–Kier alpha value is -1.36. The van der Waals surface area contributed by atoms with E-state index in [1.165, 1.54) is 12.8 Å². The van der Waals surface area contributed by atoms with Crippen LogP contribution in [0.5, 0.6) is 0 Å². The number of aromatic nitrogens is 2. The summed E-state index contributed by atoms with van der Waals surface area (Å²) in [5, 5.41) is 12.3. The molecule has 0 radical (unpaired) electrons. The van der Waals surface area contributed by atoms with Gasteiger partial charge in [0.25, 0.3) is 0 Å². The van der Waals surface area contributed by atoms with Gasteiger partial charge in [0, 0.05) is 24.8 Å². The molecule has 88 valence electrons. The maximum atomic E-state index is 11.0. The number of carbonyl (C=O) groups is 1. The molecule has 0 saturated heterocycles. The highest BCUT2D eigenvalue weighted by Gasteiger charge is 2.22. The first-order valence-corrected chi connectivity index (χ1v) is 5.62. The number of nitrogens with zero attached hydrogens (tertiary/aromatic N) is 2. The molecule has 0 bridgehead atoms. The van der Waals surface area contributed by atoms with Crippen molar-refractivity contribution in [3.05, 3.63) is 17.7 Å².